The number of hydrogen-bond acceptors (Lipinski definition) is 2. The predicted octanol–water partition coefficient (Wildman–Crippen LogP) is 3.36. The molecule has 0 spiro atoms. The fourth-order valence-corrected chi connectivity index (χ4v) is 3.66. The Kier molecular flexibility index (Phi) is 5.07. The predicted molar refractivity (Wildman–Crippen MR) is 85.7 cm³/mol. The highest BCUT2D eigenvalue weighted by Gasteiger charge is 2.49. The molecule has 0 radical (unpaired) electrons. The molecule has 3 heteroatoms. The van der Waals surface area contributed by atoms with Gasteiger partial charge >= 0.3 is 0 Å². The highest BCUT2D eigenvalue weighted by Crippen LogP contribution is 2.42. The topological polar surface area (TPSA) is 32.3 Å². The molecular weight excluding hydrogens is 248 g/mol. The Morgan fingerprint density at radius 2 is 1.90 bits per heavy atom. The lowest BCUT2D eigenvalue weighted by molar-refractivity contribution is -0.123. The molecule has 1 aliphatic rings. The number of carbonyl (C=O) groups excluding carboxylic acids is 1. The van der Waals surface area contributed by atoms with Crippen LogP contribution in [-0.4, -0.2) is 35.0 Å². The van der Waals surface area contributed by atoms with Crippen molar-refractivity contribution in [2.45, 2.75) is 77.9 Å². The van der Waals surface area contributed by atoms with Crippen molar-refractivity contribution in [1.29, 1.82) is 0 Å². The molecule has 2 unspecified atom stereocenters. The number of piperidine rings is 1. The molecule has 1 rings (SSSR count). The van der Waals surface area contributed by atoms with Crippen LogP contribution in [0.3, 0.4) is 0 Å². The summed E-state index contributed by atoms with van der Waals surface area (Å²) in [7, 11) is 2.17. The zero-order valence-corrected chi connectivity index (χ0v) is 14.3. The Hall–Kier alpha value is -0.830. The third-order valence-electron chi connectivity index (χ3n) is 5.10. The van der Waals surface area contributed by atoms with E-state index in [2.05, 4.69) is 58.5 Å². The first-order valence-corrected chi connectivity index (χ1v) is 7.74. The van der Waals surface area contributed by atoms with E-state index in [0.29, 0.717) is 11.5 Å². The van der Waals surface area contributed by atoms with Crippen LogP contribution >= 0.6 is 0 Å². The number of nitrogens with one attached hydrogen (secondary N) is 1. The molecule has 1 aliphatic heterocycles. The van der Waals surface area contributed by atoms with Crippen LogP contribution in [0.1, 0.15) is 60.8 Å². The summed E-state index contributed by atoms with van der Waals surface area (Å²) in [6, 6.07) is 0.171. The largest absolute Gasteiger partial charge is 0.347 e. The normalized spacial score (nSPS) is 28.9. The van der Waals surface area contributed by atoms with Crippen LogP contribution in [0.25, 0.3) is 0 Å². The quantitative estimate of drug-likeness (QED) is 0.801. The Balaban J connectivity index is 3.07. The number of hydrogen-bond donors (Lipinski definition) is 1. The minimum Gasteiger partial charge on any atom is -0.347 e. The van der Waals surface area contributed by atoms with Crippen molar-refractivity contribution in [3.63, 3.8) is 0 Å². The molecule has 0 aliphatic carbocycles. The highest BCUT2D eigenvalue weighted by atomic mass is 16.1. The Bertz CT molecular complexity index is 384. The van der Waals surface area contributed by atoms with Gasteiger partial charge in [-0.2, -0.15) is 0 Å². The van der Waals surface area contributed by atoms with Gasteiger partial charge in [0.15, 0.2) is 0 Å². The molecule has 0 aromatic heterocycles. The molecule has 20 heavy (non-hydrogen) atoms. The Morgan fingerprint density at radius 3 is 2.35 bits per heavy atom. The molecule has 116 valence electrons. The third kappa shape index (κ3) is 3.25. The first-order valence-electron chi connectivity index (χ1n) is 7.74. The van der Waals surface area contributed by atoms with Crippen molar-refractivity contribution in [3.05, 3.63) is 12.2 Å². The van der Waals surface area contributed by atoms with Gasteiger partial charge < -0.3 is 5.32 Å². The van der Waals surface area contributed by atoms with Gasteiger partial charge in [-0.1, -0.05) is 19.9 Å². The van der Waals surface area contributed by atoms with Gasteiger partial charge in [-0.3, -0.25) is 9.69 Å². The smallest absolute Gasteiger partial charge is 0.246 e. The highest BCUT2D eigenvalue weighted by molar-refractivity contribution is 5.92. The minimum atomic E-state index is -0.0628. The summed E-state index contributed by atoms with van der Waals surface area (Å²) in [6.07, 6.45) is 3.42. The summed E-state index contributed by atoms with van der Waals surface area (Å²) in [4.78, 5) is 14.5. The van der Waals surface area contributed by atoms with Gasteiger partial charge in [-0.05, 0) is 60.4 Å². The molecule has 3 nitrogen and oxygen atoms in total. The summed E-state index contributed by atoms with van der Waals surface area (Å²) in [6.45, 7) is 16.8. The monoisotopic (exact) mass is 280 g/mol. The van der Waals surface area contributed by atoms with E-state index in [1.54, 1.807) is 6.92 Å². The van der Waals surface area contributed by atoms with Crippen molar-refractivity contribution >= 4 is 5.91 Å². The number of amides is 1. The van der Waals surface area contributed by atoms with Crippen LogP contribution in [0.2, 0.25) is 0 Å². The molecule has 1 saturated heterocycles. The average Bonchev–Trinajstić information content (AvgIpc) is 2.32. The summed E-state index contributed by atoms with van der Waals surface area (Å²) in [5.74, 6) is 0.502. The Labute approximate surface area is 124 Å². The molecule has 1 heterocycles. The molecule has 0 saturated carbocycles. The summed E-state index contributed by atoms with van der Waals surface area (Å²) in [5.41, 5.74) is 0.684. The molecule has 1 amide bonds. The second-order valence-corrected chi connectivity index (χ2v) is 7.51. The molecule has 2 atom stereocenters. The lowest BCUT2D eigenvalue weighted by Crippen LogP contribution is -2.70. The van der Waals surface area contributed by atoms with E-state index in [1.165, 1.54) is 0 Å². The minimum absolute atomic E-state index is 0.0164. The second kappa shape index (κ2) is 5.88. The summed E-state index contributed by atoms with van der Waals surface area (Å²) < 4.78 is 0. The molecule has 1 N–H and O–H groups in total. The van der Waals surface area contributed by atoms with E-state index in [-0.39, 0.29) is 23.0 Å². The van der Waals surface area contributed by atoms with Crippen molar-refractivity contribution < 1.29 is 4.79 Å². The zero-order chi connectivity index (χ0) is 15.7. The van der Waals surface area contributed by atoms with Crippen LogP contribution in [0, 0.1) is 5.92 Å². The van der Waals surface area contributed by atoms with Crippen molar-refractivity contribution in [2.75, 3.05) is 7.05 Å². The Morgan fingerprint density at radius 1 is 1.35 bits per heavy atom. The van der Waals surface area contributed by atoms with Gasteiger partial charge in [-0.25, -0.2) is 0 Å². The van der Waals surface area contributed by atoms with Gasteiger partial charge in [0.05, 0.1) is 0 Å². The average molecular weight is 280 g/mol. The lowest BCUT2D eigenvalue weighted by Gasteiger charge is -2.58. The fourth-order valence-electron chi connectivity index (χ4n) is 3.66. The van der Waals surface area contributed by atoms with E-state index in [9.17, 15) is 4.79 Å². The van der Waals surface area contributed by atoms with Gasteiger partial charge in [0.25, 0.3) is 0 Å². The van der Waals surface area contributed by atoms with E-state index in [0.717, 1.165) is 19.3 Å². The van der Waals surface area contributed by atoms with Gasteiger partial charge in [0, 0.05) is 22.7 Å². The van der Waals surface area contributed by atoms with E-state index < -0.39 is 0 Å². The molecule has 0 bridgehead atoms. The zero-order valence-electron chi connectivity index (χ0n) is 14.3. The lowest BCUT2D eigenvalue weighted by atomic mass is 9.69. The van der Waals surface area contributed by atoms with E-state index in [4.69, 9.17) is 0 Å². The standard InChI is InChI=1S/C17H32N2O/c1-9-10-13-11-16(4,5)19(8)17(6,7)14(13)18-15(20)12(2)3/h13-14H,2,9-11H2,1,3-8H3,(H,18,20). The van der Waals surface area contributed by atoms with Crippen LogP contribution in [0.4, 0.5) is 0 Å². The number of rotatable bonds is 4. The summed E-state index contributed by atoms with van der Waals surface area (Å²) >= 11 is 0. The second-order valence-electron chi connectivity index (χ2n) is 7.51. The number of carbonyl (C=O) groups is 1. The van der Waals surface area contributed by atoms with Crippen LogP contribution in [-0.2, 0) is 4.79 Å². The van der Waals surface area contributed by atoms with Gasteiger partial charge in [0.1, 0.15) is 0 Å². The molecule has 0 aromatic carbocycles. The first-order chi connectivity index (χ1) is 9.04. The van der Waals surface area contributed by atoms with Crippen LogP contribution in [0.5, 0.6) is 0 Å². The number of likely N-dealkylation sites (N-methyl/N-ethyl adjacent to an activating group) is 1. The SMILES string of the molecule is C=C(C)C(=O)NC1C(CCC)CC(C)(C)N(C)C1(C)C. The fraction of sp³-hybridized carbons (Fsp3) is 0.824. The van der Waals surface area contributed by atoms with Crippen molar-refractivity contribution in [1.82, 2.24) is 10.2 Å². The number of likely N-dealkylation sites (tertiary alicyclic amines) is 1. The van der Waals surface area contributed by atoms with Crippen molar-refractivity contribution in [2.24, 2.45) is 5.92 Å². The molecular formula is C17H32N2O. The molecule has 0 aromatic rings. The van der Waals surface area contributed by atoms with E-state index >= 15 is 0 Å². The van der Waals surface area contributed by atoms with Crippen LogP contribution in [0.15, 0.2) is 12.2 Å². The maximum atomic E-state index is 12.1. The van der Waals surface area contributed by atoms with Gasteiger partial charge in [0.2, 0.25) is 5.91 Å². The summed E-state index contributed by atoms with van der Waals surface area (Å²) in [5, 5.41) is 3.23. The van der Waals surface area contributed by atoms with E-state index in [1.807, 2.05) is 0 Å². The first kappa shape index (κ1) is 17.2. The maximum Gasteiger partial charge on any atom is 0.246 e. The maximum absolute atomic E-state index is 12.1. The van der Waals surface area contributed by atoms with Crippen LogP contribution < -0.4 is 5.32 Å². The molecule has 1 fully saturated rings. The van der Waals surface area contributed by atoms with Gasteiger partial charge in [-0.15, -0.1) is 0 Å². The number of nitrogens with zero attached hydrogens (tertiary/aromatic N) is 1. The third-order valence-corrected chi connectivity index (χ3v) is 5.10. The van der Waals surface area contributed by atoms with Crippen molar-refractivity contribution in [3.8, 4) is 0 Å².